The number of aromatic nitrogens is 1. The van der Waals surface area contributed by atoms with E-state index in [1.165, 1.54) is 0 Å². The Hall–Kier alpha value is -2.89. The molecule has 1 fully saturated rings. The lowest BCUT2D eigenvalue weighted by Gasteiger charge is -2.25. The number of ether oxygens (including phenoxy) is 1. The van der Waals surface area contributed by atoms with Crippen LogP contribution in [0.25, 0.3) is 0 Å². The molecule has 6 nitrogen and oxygen atoms in total. The number of likely N-dealkylation sites (tertiary alicyclic amines) is 1. The standard InChI is InChI=1S/C19H21N3O3/c1-14-5-8-16(9-6-14)25-18-10-7-15(12-20-18)21-17(23)13-22-11-3-2-4-19(22)24/h5-10,12H,2-4,11,13H2,1H3,(H,21,23). The summed E-state index contributed by atoms with van der Waals surface area (Å²) in [7, 11) is 0. The number of amides is 2. The Morgan fingerprint density at radius 3 is 2.68 bits per heavy atom. The van der Waals surface area contributed by atoms with Crippen LogP contribution in [0.1, 0.15) is 24.8 Å². The van der Waals surface area contributed by atoms with Gasteiger partial charge < -0.3 is 15.0 Å². The quantitative estimate of drug-likeness (QED) is 0.908. The van der Waals surface area contributed by atoms with Crippen molar-refractivity contribution in [2.45, 2.75) is 26.2 Å². The number of carbonyl (C=O) groups excluding carboxylic acids is 2. The van der Waals surface area contributed by atoms with Gasteiger partial charge in [-0.05, 0) is 38.0 Å². The molecule has 3 rings (SSSR count). The van der Waals surface area contributed by atoms with E-state index in [0.29, 0.717) is 30.3 Å². The topological polar surface area (TPSA) is 71.5 Å². The maximum Gasteiger partial charge on any atom is 0.244 e. The monoisotopic (exact) mass is 339 g/mol. The summed E-state index contributed by atoms with van der Waals surface area (Å²) >= 11 is 0. The Morgan fingerprint density at radius 2 is 2.00 bits per heavy atom. The van der Waals surface area contributed by atoms with E-state index in [0.717, 1.165) is 18.4 Å². The van der Waals surface area contributed by atoms with Crippen molar-refractivity contribution < 1.29 is 14.3 Å². The first-order valence-corrected chi connectivity index (χ1v) is 8.38. The summed E-state index contributed by atoms with van der Waals surface area (Å²) in [6, 6.07) is 11.1. The Bertz CT molecular complexity index is 742. The summed E-state index contributed by atoms with van der Waals surface area (Å²) in [6.45, 7) is 2.74. The summed E-state index contributed by atoms with van der Waals surface area (Å²) in [6.07, 6.45) is 3.92. The predicted octanol–water partition coefficient (Wildman–Crippen LogP) is 3.13. The van der Waals surface area contributed by atoms with Crippen molar-refractivity contribution in [2.24, 2.45) is 0 Å². The van der Waals surface area contributed by atoms with Gasteiger partial charge in [-0.25, -0.2) is 4.98 Å². The molecule has 2 heterocycles. The van der Waals surface area contributed by atoms with Gasteiger partial charge in [0.15, 0.2) is 0 Å². The molecule has 25 heavy (non-hydrogen) atoms. The second kappa shape index (κ2) is 7.79. The molecular formula is C19H21N3O3. The molecule has 6 heteroatoms. The number of nitrogens with one attached hydrogen (secondary N) is 1. The molecule has 130 valence electrons. The molecule has 1 aliphatic heterocycles. The van der Waals surface area contributed by atoms with Gasteiger partial charge in [-0.3, -0.25) is 9.59 Å². The minimum absolute atomic E-state index is 0.0429. The largest absolute Gasteiger partial charge is 0.439 e. The van der Waals surface area contributed by atoms with Crippen molar-refractivity contribution in [3.8, 4) is 11.6 Å². The average Bonchev–Trinajstić information content (AvgIpc) is 2.61. The number of pyridine rings is 1. The molecule has 0 aliphatic carbocycles. The van der Waals surface area contributed by atoms with Crippen molar-refractivity contribution >= 4 is 17.5 Å². The molecule has 0 unspecified atom stereocenters. The fourth-order valence-electron chi connectivity index (χ4n) is 2.64. The number of rotatable bonds is 5. The first kappa shape index (κ1) is 17.0. The van der Waals surface area contributed by atoms with E-state index < -0.39 is 0 Å². The number of nitrogens with zero attached hydrogens (tertiary/aromatic N) is 2. The highest BCUT2D eigenvalue weighted by Crippen LogP contribution is 2.20. The number of carbonyl (C=O) groups is 2. The van der Waals surface area contributed by atoms with E-state index in [-0.39, 0.29) is 18.4 Å². The summed E-state index contributed by atoms with van der Waals surface area (Å²) in [4.78, 5) is 29.6. The molecule has 1 aliphatic rings. The summed E-state index contributed by atoms with van der Waals surface area (Å²) < 4.78 is 5.65. The fraction of sp³-hybridized carbons (Fsp3) is 0.316. The number of piperidine rings is 1. The number of hydrogen-bond donors (Lipinski definition) is 1. The third-order valence-electron chi connectivity index (χ3n) is 4.02. The molecule has 0 bridgehead atoms. The number of anilines is 1. The smallest absolute Gasteiger partial charge is 0.244 e. The lowest BCUT2D eigenvalue weighted by molar-refractivity contribution is -0.136. The molecule has 1 aromatic carbocycles. The first-order valence-electron chi connectivity index (χ1n) is 8.38. The van der Waals surface area contributed by atoms with Gasteiger partial charge in [0.25, 0.3) is 0 Å². The molecule has 1 saturated heterocycles. The zero-order valence-electron chi connectivity index (χ0n) is 14.2. The maximum atomic E-state index is 12.1. The van der Waals surface area contributed by atoms with Crippen LogP contribution < -0.4 is 10.1 Å². The Kier molecular flexibility index (Phi) is 5.28. The molecule has 1 N–H and O–H groups in total. The first-order chi connectivity index (χ1) is 12.1. The number of hydrogen-bond acceptors (Lipinski definition) is 4. The molecule has 2 amide bonds. The predicted molar refractivity (Wildman–Crippen MR) is 94.6 cm³/mol. The zero-order chi connectivity index (χ0) is 17.6. The molecule has 0 radical (unpaired) electrons. The van der Waals surface area contributed by atoms with Gasteiger partial charge >= 0.3 is 0 Å². The number of benzene rings is 1. The highest BCUT2D eigenvalue weighted by Gasteiger charge is 2.20. The minimum Gasteiger partial charge on any atom is -0.439 e. The summed E-state index contributed by atoms with van der Waals surface area (Å²) in [5.41, 5.74) is 1.73. The second-order valence-electron chi connectivity index (χ2n) is 6.12. The van der Waals surface area contributed by atoms with Gasteiger partial charge in [-0.1, -0.05) is 17.7 Å². The highest BCUT2D eigenvalue weighted by atomic mass is 16.5. The van der Waals surface area contributed by atoms with Crippen LogP contribution >= 0.6 is 0 Å². The van der Waals surface area contributed by atoms with Crippen LogP contribution in [-0.2, 0) is 9.59 Å². The normalized spacial score (nSPS) is 14.3. The van der Waals surface area contributed by atoms with E-state index in [2.05, 4.69) is 10.3 Å². The fourth-order valence-corrected chi connectivity index (χ4v) is 2.64. The van der Waals surface area contributed by atoms with Crippen LogP contribution in [0.15, 0.2) is 42.6 Å². The lowest BCUT2D eigenvalue weighted by Crippen LogP contribution is -2.40. The number of aryl methyl sites for hydroxylation is 1. The molecule has 0 atom stereocenters. The second-order valence-corrected chi connectivity index (χ2v) is 6.12. The molecule has 0 spiro atoms. The van der Waals surface area contributed by atoms with E-state index in [4.69, 9.17) is 4.74 Å². The molecule has 2 aromatic rings. The van der Waals surface area contributed by atoms with E-state index in [1.54, 1.807) is 23.2 Å². The van der Waals surface area contributed by atoms with Gasteiger partial charge in [-0.15, -0.1) is 0 Å². The highest BCUT2D eigenvalue weighted by molar-refractivity contribution is 5.94. The van der Waals surface area contributed by atoms with Crippen LogP contribution in [0.4, 0.5) is 5.69 Å². The Balaban J connectivity index is 1.54. The van der Waals surface area contributed by atoms with Crippen molar-refractivity contribution in [3.05, 3.63) is 48.2 Å². The van der Waals surface area contributed by atoms with Crippen molar-refractivity contribution in [3.63, 3.8) is 0 Å². The molecule has 0 saturated carbocycles. The Morgan fingerprint density at radius 1 is 1.20 bits per heavy atom. The van der Waals surface area contributed by atoms with Crippen molar-refractivity contribution in [1.29, 1.82) is 0 Å². The zero-order valence-corrected chi connectivity index (χ0v) is 14.2. The average molecular weight is 339 g/mol. The van der Waals surface area contributed by atoms with Crippen molar-refractivity contribution in [2.75, 3.05) is 18.4 Å². The third-order valence-corrected chi connectivity index (χ3v) is 4.02. The third kappa shape index (κ3) is 4.79. The van der Waals surface area contributed by atoms with Crippen LogP contribution in [0, 0.1) is 6.92 Å². The van der Waals surface area contributed by atoms with Gasteiger partial charge in [0.1, 0.15) is 5.75 Å². The van der Waals surface area contributed by atoms with Crippen LogP contribution in [0.2, 0.25) is 0 Å². The van der Waals surface area contributed by atoms with E-state index in [1.807, 2.05) is 31.2 Å². The van der Waals surface area contributed by atoms with Crippen LogP contribution in [0.5, 0.6) is 11.6 Å². The molecule has 1 aromatic heterocycles. The summed E-state index contributed by atoms with van der Waals surface area (Å²) in [5, 5.41) is 2.76. The SMILES string of the molecule is Cc1ccc(Oc2ccc(NC(=O)CN3CCCCC3=O)cn2)cc1. The van der Waals surface area contributed by atoms with Gasteiger partial charge in [0, 0.05) is 19.0 Å². The molecular weight excluding hydrogens is 318 g/mol. The van der Waals surface area contributed by atoms with Crippen LogP contribution in [-0.4, -0.2) is 34.8 Å². The van der Waals surface area contributed by atoms with Gasteiger partial charge in [-0.2, -0.15) is 0 Å². The Labute approximate surface area is 146 Å². The van der Waals surface area contributed by atoms with Gasteiger partial charge in [0.2, 0.25) is 17.7 Å². The minimum atomic E-state index is -0.218. The van der Waals surface area contributed by atoms with Crippen molar-refractivity contribution in [1.82, 2.24) is 9.88 Å². The summed E-state index contributed by atoms with van der Waals surface area (Å²) in [5.74, 6) is 0.984. The maximum absolute atomic E-state index is 12.1. The van der Waals surface area contributed by atoms with E-state index >= 15 is 0 Å². The van der Waals surface area contributed by atoms with Gasteiger partial charge in [0.05, 0.1) is 18.4 Å². The van der Waals surface area contributed by atoms with E-state index in [9.17, 15) is 9.59 Å². The lowest BCUT2D eigenvalue weighted by atomic mass is 10.1. The van der Waals surface area contributed by atoms with Crippen LogP contribution in [0.3, 0.4) is 0 Å².